The van der Waals surface area contributed by atoms with Crippen LogP contribution in [0.25, 0.3) is 0 Å². The third-order valence-corrected chi connectivity index (χ3v) is 4.04. The molecule has 3 rings (SSSR count). The van der Waals surface area contributed by atoms with E-state index in [1.165, 1.54) is 12.1 Å². The first kappa shape index (κ1) is 15.6. The van der Waals surface area contributed by atoms with Gasteiger partial charge in [0.2, 0.25) is 0 Å². The van der Waals surface area contributed by atoms with Gasteiger partial charge in [0, 0.05) is 19.0 Å². The molecule has 6 nitrogen and oxygen atoms in total. The number of phenols is 1. The topological polar surface area (TPSA) is 76.1 Å². The number of nitrogens with zero attached hydrogens (tertiary/aromatic N) is 1. The number of fused-ring (bicyclic) bond motifs is 1. The van der Waals surface area contributed by atoms with Crippen LogP contribution in [0.5, 0.6) is 11.5 Å². The summed E-state index contributed by atoms with van der Waals surface area (Å²) in [6.07, 6.45) is 0.393. The second-order valence-corrected chi connectivity index (χ2v) is 7.22. The maximum absolute atomic E-state index is 12.4. The number of likely N-dealkylation sites (tertiary alicyclic amines) is 1. The Morgan fingerprint density at radius 1 is 1.39 bits per heavy atom. The lowest BCUT2D eigenvalue weighted by molar-refractivity contribution is 0.0171. The number of benzene rings is 1. The highest BCUT2D eigenvalue weighted by molar-refractivity contribution is 6.00. The van der Waals surface area contributed by atoms with Crippen molar-refractivity contribution in [3.8, 4) is 11.5 Å². The highest BCUT2D eigenvalue weighted by Gasteiger charge is 2.47. The van der Waals surface area contributed by atoms with Crippen LogP contribution < -0.4 is 4.74 Å². The molecule has 0 radical (unpaired) electrons. The molecular formula is C17H21NO5. The van der Waals surface area contributed by atoms with Gasteiger partial charge in [-0.1, -0.05) is 0 Å². The van der Waals surface area contributed by atoms with Gasteiger partial charge in [-0.05, 0) is 32.9 Å². The average molecular weight is 319 g/mol. The third-order valence-electron chi connectivity index (χ3n) is 4.04. The molecule has 1 unspecified atom stereocenters. The van der Waals surface area contributed by atoms with E-state index in [1.807, 2.05) is 20.8 Å². The summed E-state index contributed by atoms with van der Waals surface area (Å²) in [5.74, 6) is 0.403. The summed E-state index contributed by atoms with van der Waals surface area (Å²) < 4.78 is 11.4. The largest absolute Gasteiger partial charge is 0.508 e. The van der Waals surface area contributed by atoms with Gasteiger partial charge in [-0.2, -0.15) is 0 Å². The minimum absolute atomic E-state index is 0.0303. The molecule has 1 saturated heterocycles. The SMILES string of the molecule is CC(C)(C)OC(=O)N1CCC2(CC(=O)c3ccc(O)cc3O2)C1. The molecule has 2 aliphatic rings. The van der Waals surface area contributed by atoms with Gasteiger partial charge >= 0.3 is 6.09 Å². The van der Waals surface area contributed by atoms with Crippen molar-refractivity contribution in [2.75, 3.05) is 13.1 Å². The zero-order valence-electron chi connectivity index (χ0n) is 13.6. The van der Waals surface area contributed by atoms with Gasteiger partial charge in [0.05, 0.1) is 18.5 Å². The number of carbonyl (C=O) groups is 2. The van der Waals surface area contributed by atoms with Crippen molar-refractivity contribution in [1.29, 1.82) is 0 Å². The normalized spacial score (nSPS) is 23.6. The van der Waals surface area contributed by atoms with Crippen molar-refractivity contribution in [3.63, 3.8) is 0 Å². The van der Waals surface area contributed by atoms with Crippen LogP contribution in [-0.2, 0) is 4.74 Å². The fourth-order valence-electron chi connectivity index (χ4n) is 3.04. The first-order valence-electron chi connectivity index (χ1n) is 7.71. The molecule has 0 aromatic heterocycles. The minimum Gasteiger partial charge on any atom is -0.508 e. The number of amides is 1. The van der Waals surface area contributed by atoms with Gasteiger partial charge in [0.15, 0.2) is 5.78 Å². The lowest BCUT2D eigenvalue weighted by Crippen LogP contribution is -2.46. The van der Waals surface area contributed by atoms with Crippen molar-refractivity contribution in [3.05, 3.63) is 23.8 Å². The van der Waals surface area contributed by atoms with Gasteiger partial charge in [0.25, 0.3) is 0 Å². The molecule has 1 atom stereocenters. The summed E-state index contributed by atoms with van der Waals surface area (Å²) in [6.45, 7) is 6.24. The molecule has 1 aromatic carbocycles. The van der Waals surface area contributed by atoms with E-state index in [0.717, 1.165) is 0 Å². The molecule has 1 amide bonds. The Morgan fingerprint density at radius 3 is 2.83 bits per heavy atom. The summed E-state index contributed by atoms with van der Waals surface area (Å²) in [4.78, 5) is 26.1. The number of ketones is 1. The van der Waals surface area contributed by atoms with Gasteiger partial charge < -0.3 is 19.5 Å². The first-order valence-corrected chi connectivity index (χ1v) is 7.71. The fraction of sp³-hybridized carbons (Fsp3) is 0.529. The molecule has 1 aromatic rings. The first-order chi connectivity index (χ1) is 10.7. The summed E-state index contributed by atoms with van der Waals surface area (Å²) in [5, 5.41) is 9.60. The lowest BCUT2D eigenvalue weighted by Gasteiger charge is -2.34. The molecule has 6 heteroatoms. The van der Waals surface area contributed by atoms with E-state index in [-0.39, 0.29) is 18.0 Å². The second-order valence-electron chi connectivity index (χ2n) is 7.22. The van der Waals surface area contributed by atoms with Crippen LogP contribution in [0.2, 0.25) is 0 Å². The Hall–Kier alpha value is -2.24. The number of Topliss-reactive ketones (excluding diaryl/α,β-unsaturated/α-hetero) is 1. The zero-order valence-corrected chi connectivity index (χ0v) is 13.6. The van der Waals surface area contributed by atoms with E-state index < -0.39 is 17.3 Å². The Kier molecular flexibility index (Phi) is 3.50. The molecule has 1 N–H and O–H groups in total. The van der Waals surface area contributed by atoms with Crippen molar-refractivity contribution in [1.82, 2.24) is 4.90 Å². The molecule has 0 saturated carbocycles. The quantitative estimate of drug-likeness (QED) is 0.795. The Bertz CT molecular complexity index is 663. The van der Waals surface area contributed by atoms with Gasteiger partial charge in [0.1, 0.15) is 22.7 Å². The monoisotopic (exact) mass is 319 g/mol. The number of phenolic OH excluding ortho intramolecular Hbond substituents is 1. The van der Waals surface area contributed by atoms with Crippen LogP contribution in [-0.4, -0.2) is 46.2 Å². The molecule has 1 spiro atoms. The minimum atomic E-state index is -0.727. The Labute approximate surface area is 135 Å². The maximum Gasteiger partial charge on any atom is 0.410 e. The van der Waals surface area contributed by atoms with E-state index >= 15 is 0 Å². The summed E-state index contributed by atoms with van der Waals surface area (Å²) in [7, 11) is 0. The zero-order chi connectivity index (χ0) is 16.8. The van der Waals surface area contributed by atoms with Crippen LogP contribution in [0, 0.1) is 0 Å². The van der Waals surface area contributed by atoms with E-state index in [9.17, 15) is 14.7 Å². The van der Waals surface area contributed by atoms with E-state index in [1.54, 1.807) is 11.0 Å². The number of ether oxygens (including phenoxy) is 2. The van der Waals surface area contributed by atoms with Gasteiger partial charge in [-0.3, -0.25) is 4.79 Å². The summed E-state index contributed by atoms with van der Waals surface area (Å²) in [6, 6.07) is 4.49. The lowest BCUT2D eigenvalue weighted by atomic mass is 9.89. The predicted molar refractivity (Wildman–Crippen MR) is 82.8 cm³/mol. The second kappa shape index (κ2) is 5.15. The number of aromatic hydroxyl groups is 1. The highest BCUT2D eigenvalue weighted by atomic mass is 16.6. The third kappa shape index (κ3) is 3.11. The van der Waals surface area contributed by atoms with E-state index in [2.05, 4.69) is 0 Å². The van der Waals surface area contributed by atoms with Crippen LogP contribution in [0.1, 0.15) is 44.0 Å². The number of hydrogen-bond acceptors (Lipinski definition) is 5. The predicted octanol–water partition coefficient (Wildman–Crippen LogP) is 2.74. The molecule has 124 valence electrons. The molecule has 23 heavy (non-hydrogen) atoms. The Balaban J connectivity index is 1.78. The van der Waals surface area contributed by atoms with Crippen LogP contribution in [0.15, 0.2) is 18.2 Å². The van der Waals surface area contributed by atoms with E-state index in [4.69, 9.17) is 9.47 Å². The smallest absolute Gasteiger partial charge is 0.410 e. The molecular weight excluding hydrogens is 298 g/mol. The van der Waals surface area contributed by atoms with Crippen molar-refractivity contribution in [2.24, 2.45) is 0 Å². The number of hydrogen-bond donors (Lipinski definition) is 1. The molecule has 1 fully saturated rings. The maximum atomic E-state index is 12.4. The van der Waals surface area contributed by atoms with Crippen LogP contribution >= 0.6 is 0 Å². The number of rotatable bonds is 0. The van der Waals surface area contributed by atoms with Crippen LogP contribution in [0.3, 0.4) is 0 Å². The fourth-order valence-corrected chi connectivity index (χ4v) is 3.04. The van der Waals surface area contributed by atoms with Crippen LogP contribution in [0.4, 0.5) is 4.79 Å². The van der Waals surface area contributed by atoms with Crippen molar-refractivity contribution >= 4 is 11.9 Å². The Morgan fingerprint density at radius 2 is 2.13 bits per heavy atom. The number of carbonyl (C=O) groups excluding carboxylic acids is 2. The summed E-state index contributed by atoms with van der Waals surface area (Å²) in [5.41, 5.74) is -0.812. The van der Waals surface area contributed by atoms with Gasteiger partial charge in [-0.25, -0.2) is 4.79 Å². The molecule has 0 bridgehead atoms. The standard InChI is InChI=1S/C17H21NO5/c1-16(2,3)23-15(21)18-7-6-17(10-18)9-13(20)12-5-4-11(19)8-14(12)22-17/h4-5,8,19H,6-7,9-10H2,1-3H3. The highest BCUT2D eigenvalue weighted by Crippen LogP contribution is 2.40. The van der Waals surface area contributed by atoms with E-state index in [0.29, 0.717) is 30.8 Å². The van der Waals surface area contributed by atoms with Crippen molar-refractivity contribution in [2.45, 2.75) is 44.8 Å². The average Bonchev–Trinajstić information content (AvgIpc) is 2.79. The molecule has 2 heterocycles. The van der Waals surface area contributed by atoms with Crippen molar-refractivity contribution < 1.29 is 24.2 Å². The van der Waals surface area contributed by atoms with Gasteiger partial charge in [-0.15, -0.1) is 0 Å². The summed E-state index contributed by atoms with van der Waals surface area (Å²) >= 11 is 0. The molecule has 0 aliphatic carbocycles. The molecule has 2 aliphatic heterocycles.